The van der Waals surface area contributed by atoms with Crippen LogP contribution in [0.5, 0.6) is 5.75 Å². The summed E-state index contributed by atoms with van der Waals surface area (Å²) in [4.78, 5) is 0. The van der Waals surface area contributed by atoms with E-state index in [0.29, 0.717) is 0 Å². The Labute approximate surface area is 115 Å². The molecule has 2 aromatic rings. The lowest BCUT2D eigenvalue weighted by Crippen LogP contribution is -2.17. The molecule has 0 heterocycles. The summed E-state index contributed by atoms with van der Waals surface area (Å²) >= 11 is 0. The van der Waals surface area contributed by atoms with Gasteiger partial charge in [0.15, 0.2) is 0 Å². The maximum atomic E-state index is 13.8. The minimum atomic E-state index is -0.831. The molecule has 2 N–H and O–H groups in total. The second-order valence-electron chi connectivity index (χ2n) is 4.40. The fraction of sp³-hybridized carbons (Fsp3) is 0.200. The van der Waals surface area contributed by atoms with E-state index in [9.17, 15) is 13.2 Å². The number of halogens is 3. The van der Waals surface area contributed by atoms with Gasteiger partial charge in [0.1, 0.15) is 23.2 Å². The van der Waals surface area contributed by atoms with Crippen LogP contribution < -0.4 is 10.5 Å². The van der Waals surface area contributed by atoms with Crippen molar-refractivity contribution in [3.63, 3.8) is 0 Å². The third-order valence-corrected chi connectivity index (χ3v) is 3.05. The van der Waals surface area contributed by atoms with Gasteiger partial charge < -0.3 is 10.5 Å². The van der Waals surface area contributed by atoms with Gasteiger partial charge in [-0.3, -0.25) is 0 Å². The smallest absolute Gasteiger partial charge is 0.131 e. The Morgan fingerprint density at radius 1 is 1.10 bits per heavy atom. The summed E-state index contributed by atoms with van der Waals surface area (Å²) in [5.41, 5.74) is 6.17. The van der Waals surface area contributed by atoms with Gasteiger partial charge in [-0.1, -0.05) is 6.07 Å². The van der Waals surface area contributed by atoms with Gasteiger partial charge in [0, 0.05) is 11.6 Å². The standard InChI is InChI=1S/C15H14F3NO/c1-20-14-4-2-3-12(18)15(14)13(19)8-9-7-10(16)5-6-11(9)17/h2-7,13H,8,19H2,1H3. The third-order valence-electron chi connectivity index (χ3n) is 3.05. The lowest BCUT2D eigenvalue weighted by molar-refractivity contribution is 0.398. The molecule has 0 aromatic heterocycles. The van der Waals surface area contributed by atoms with Crippen molar-refractivity contribution in [3.8, 4) is 5.75 Å². The Balaban J connectivity index is 2.33. The molecule has 2 nitrogen and oxygen atoms in total. The van der Waals surface area contributed by atoms with Crippen molar-refractivity contribution < 1.29 is 17.9 Å². The first-order valence-electron chi connectivity index (χ1n) is 6.05. The highest BCUT2D eigenvalue weighted by molar-refractivity contribution is 5.38. The molecule has 1 unspecified atom stereocenters. The van der Waals surface area contributed by atoms with E-state index in [1.807, 2.05) is 0 Å². The average Bonchev–Trinajstić information content (AvgIpc) is 2.42. The Hall–Kier alpha value is -2.01. The third kappa shape index (κ3) is 2.93. The van der Waals surface area contributed by atoms with Crippen LogP contribution in [0.2, 0.25) is 0 Å². The van der Waals surface area contributed by atoms with Crippen LogP contribution in [-0.4, -0.2) is 7.11 Å². The molecular formula is C15H14F3NO. The van der Waals surface area contributed by atoms with E-state index in [-0.39, 0.29) is 23.3 Å². The van der Waals surface area contributed by atoms with Gasteiger partial charge in [0.25, 0.3) is 0 Å². The number of ether oxygens (including phenoxy) is 1. The van der Waals surface area contributed by atoms with E-state index >= 15 is 0 Å². The molecule has 2 rings (SSSR count). The van der Waals surface area contributed by atoms with E-state index in [1.165, 1.54) is 19.2 Å². The van der Waals surface area contributed by atoms with Crippen molar-refractivity contribution in [1.82, 2.24) is 0 Å². The van der Waals surface area contributed by atoms with Gasteiger partial charge in [-0.25, -0.2) is 13.2 Å². The van der Waals surface area contributed by atoms with Crippen molar-refractivity contribution in [2.75, 3.05) is 7.11 Å². The first-order valence-corrected chi connectivity index (χ1v) is 6.05. The quantitative estimate of drug-likeness (QED) is 0.932. The molecule has 2 aromatic carbocycles. The topological polar surface area (TPSA) is 35.2 Å². The van der Waals surface area contributed by atoms with Crippen LogP contribution in [0.25, 0.3) is 0 Å². The summed E-state index contributed by atoms with van der Waals surface area (Å²) in [5, 5.41) is 0. The Kier molecular flexibility index (Phi) is 4.29. The van der Waals surface area contributed by atoms with Gasteiger partial charge in [0.2, 0.25) is 0 Å². The second kappa shape index (κ2) is 5.96. The van der Waals surface area contributed by atoms with E-state index in [1.54, 1.807) is 6.07 Å². The molecule has 5 heteroatoms. The first-order chi connectivity index (χ1) is 9.52. The Morgan fingerprint density at radius 3 is 2.55 bits per heavy atom. The molecule has 0 fully saturated rings. The van der Waals surface area contributed by atoms with Crippen LogP contribution in [0.3, 0.4) is 0 Å². The summed E-state index contributed by atoms with van der Waals surface area (Å²) in [6.07, 6.45) is -0.0269. The van der Waals surface area contributed by atoms with Crippen molar-refractivity contribution >= 4 is 0 Å². The lowest BCUT2D eigenvalue weighted by Gasteiger charge is -2.17. The zero-order valence-electron chi connectivity index (χ0n) is 10.9. The van der Waals surface area contributed by atoms with Crippen LogP contribution in [0.15, 0.2) is 36.4 Å². The SMILES string of the molecule is COc1cccc(F)c1C(N)Cc1cc(F)ccc1F. The van der Waals surface area contributed by atoms with Crippen LogP contribution in [0, 0.1) is 17.5 Å². The zero-order chi connectivity index (χ0) is 14.7. The molecule has 0 aliphatic heterocycles. The predicted molar refractivity (Wildman–Crippen MR) is 69.9 cm³/mol. The molecule has 106 valence electrons. The minimum absolute atomic E-state index is 0.0269. The van der Waals surface area contributed by atoms with Crippen molar-refractivity contribution in [2.45, 2.75) is 12.5 Å². The molecule has 0 aliphatic carbocycles. The molecule has 20 heavy (non-hydrogen) atoms. The fourth-order valence-corrected chi connectivity index (χ4v) is 2.09. The normalized spacial score (nSPS) is 12.2. The fourth-order valence-electron chi connectivity index (χ4n) is 2.09. The molecule has 0 spiro atoms. The van der Waals surface area contributed by atoms with Gasteiger partial charge in [-0.2, -0.15) is 0 Å². The maximum Gasteiger partial charge on any atom is 0.131 e. The highest BCUT2D eigenvalue weighted by Crippen LogP contribution is 2.29. The largest absolute Gasteiger partial charge is 0.496 e. The highest BCUT2D eigenvalue weighted by Gasteiger charge is 2.19. The van der Waals surface area contributed by atoms with Gasteiger partial charge in [0.05, 0.1) is 7.11 Å². The predicted octanol–water partition coefficient (Wildman–Crippen LogP) is 3.36. The Bertz CT molecular complexity index is 616. The van der Waals surface area contributed by atoms with Gasteiger partial charge in [-0.15, -0.1) is 0 Å². The summed E-state index contributed by atoms with van der Waals surface area (Å²) in [7, 11) is 1.40. The second-order valence-corrected chi connectivity index (χ2v) is 4.40. The van der Waals surface area contributed by atoms with Crippen LogP contribution in [0.1, 0.15) is 17.2 Å². The first kappa shape index (κ1) is 14.4. The van der Waals surface area contributed by atoms with Crippen LogP contribution >= 0.6 is 0 Å². The molecular weight excluding hydrogens is 267 g/mol. The summed E-state index contributed by atoms with van der Waals surface area (Å²) < 4.78 is 45.6. The Morgan fingerprint density at radius 2 is 1.85 bits per heavy atom. The summed E-state index contributed by atoms with van der Waals surface area (Å²) in [5.74, 6) is -1.38. The lowest BCUT2D eigenvalue weighted by atomic mass is 9.98. The molecule has 0 aliphatic rings. The zero-order valence-corrected chi connectivity index (χ0v) is 10.9. The van der Waals surface area contributed by atoms with Gasteiger partial charge in [-0.05, 0) is 42.3 Å². The maximum absolute atomic E-state index is 13.8. The van der Waals surface area contributed by atoms with E-state index in [4.69, 9.17) is 10.5 Å². The molecule has 0 saturated heterocycles. The van der Waals surface area contributed by atoms with Crippen LogP contribution in [-0.2, 0) is 6.42 Å². The van der Waals surface area contributed by atoms with E-state index in [2.05, 4.69) is 0 Å². The molecule has 0 radical (unpaired) electrons. The number of benzene rings is 2. The molecule has 0 bridgehead atoms. The minimum Gasteiger partial charge on any atom is -0.496 e. The number of hydrogen-bond donors (Lipinski definition) is 1. The van der Waals surface area contributed by atoms with Crippen molar-refractivity contribution in [3.05, 3.63) is 65.0 Å². The number of hydrogen-bond acceptors (Lipinski definition) is 2. The van der Waals surface area contributed by atoms with Gasteiger partial charge >= 0.3 is 0 Å². The van der Waals surface area contributed by atoms with Crippen molar-refractivity contribution in [1.29, 1.82) is 0 Å². The number of rotatable bonds is 4. The number of nitrogens with two attached hydrogens (primary N) is 1. The van der Waals surface area contributed by atoms with Crippen LogP contribution in [0.4, 0.5) is 13.2 Å². The number of methoxy groups -OCH3 is 1. The monoisotopic (exact) mass is 281 g/mol. The highest BCUT2D eigenvalue weighted by atomic mass is 19.1. The molecule has 0 saturated carbocycles. The molecule has 1 atom stereocenters. The van der Waals surface area contributed by atoms with E-state index in [0.717, 1.165) is 18.2 Å². The van der Waals surface area contributed by atoms with Crippen molar-refractivity contribution in [2.24, 2.45) is 5.73 Å². The van der Waals surface area contributed by atoms with E-state index < -0.39 is 23.5 Å². The molecule has 0 amide bonds. The summed E-state index contributed by atoms with van der Waals surface area (Å²) in [6, 6.07) is 6.59. The summed E-state index contributed by atoms with van der Waals surface area (Å²) in [6.45, 7) is 0. The average molecular weight is 281 g/mol.